The lowest BCUT2D eigenvalue weighted by atomic mass is 9.97. The number of ether oxygens (including phenoxy) is 1. The van der Waals surface area contributed by atoms with Gasteiger partial charge < -0.3 is 15.0 Å². The van der Waals surface area contributed by atoms with E-state index in [1.807, 2.05) is 24.0 Å². The minimum atomic E-state index is -0.580. The summed E-state index contributed by atoms with van der Waals surface area (Å²) in [6.45, 7) is 8.27. The molecule has 0 spiro atoms. The highest BCUT2D eigenvalue weighted by atomic mass is 19.1. The Morgan fingerprint density at radius 1 is 1.06 bits per heavy atom. The lowest BCUT2D eigenvalue weighted by Crippen LogP contribution is -2.37. The summed E-state index contributed by atoms with van der Waals surface area (Å²) in [5.74, 6) is -0.626. The number of carbonyl (C=O) groups excluding carboxylic acids is 1. The number of rotatable bonds is 5. The Morgan fingerprint density at radius 2 is 1.82 bits per heavy atom. The van der Waals surface area contributed by atoms with Crippen molar-refractivity contribution < 1.29 is 18.3 Å². The lowest BCUT2D eigenvalue weighted by Gasteiger charge is -2.30. The maximum Gasteiger partial charge on any atom is 0.256 e. The van der Waals surface area contributed by atoms with Crippen LogP contribution in [0.25, 0.3) is 11.1 Å². The van der Waals surface area contributed by atoms with E-state index in [0.29, 0.717) is 54.9 Å². The molecule has 1 fully saturated rings. The van der Waals surface area contributed by atoms with Crippen molar-refractivity contribution >= 4 is 17.4 Å². The third-order valence-corrected chi connectivity index (χ3v) is 5.86. The van der Waals surface area contributed by atoms with E-state index in [4.69, 9.17) is 4.74 Å². The number of nitrogens with zero attached hydrogens (tertiary/aromatic N) is 2. The summed E-state index contributed by atoms with van der Waals surface area (Å²) in [5.41, 5.74) is 3.28. The number of aryl methyl sites for hydroxylation is 1. The monoisotopic (exact) mass is 451 g/mol. The van der Waals surface area contributed by atoms with Crippen molar-refractivity contribution in [3.05, 3.63) is 77.0 Å². The molecule has 1 aliphatic heterocycles. The van der Waals surface area contributed by atoms with Gasteiger partial charge in [0.2, 0.25) is 0 Å². The number of halogens is 2. The third-order valence-electron chi connectivity index (χ3n) is 5.86. The minimum Gasteiger partial charge on any atom is -0.378 e. The van der Waals surface area contributed by atoms with E-state index in [1.165, 1.54) is 0 Å². The second-order valence-corrected chi connectivity index (χ2v) is 8.46. The van der Waals surface area contributed by atoms with E-state index in [9.17, 15) is 13.6 Å². The normalized spacial score (nSPS) is 13.9. The van der Waals surface area contributed by atoms with Crippen LogP contribution in [-0.4, -0.2) is 37.2 Å². The predicted molar refractivity (Wildman–Crippen MR) is 126 cm³/mol. The largest absolute Gasteiger partial charge is 0.378 e. The summed E-state index contributed by atoms with van der Waals surface area (Å²) < 4.78 is 34.2. The van der Waals surface area contributed by atoms with Crippen LogP contribution in [0.15, 0.2) is 48.7 Å². The molecule has 0 aliphatic carbocycles. The number of benzene rings is 2. The van der Waals surface area contributed by atoms with Crippen molar-refractivity contribution in [2.75, 3.05) is 36.5 Å². The zero-order valence-electron chi connectivity index (χ0n) is 19.0. The lowest BCUT2D eigenvalue weighted by molar-refractivity contribution is 0.102. The number of morpholine rings is 1. The van der Waals surface area contributed by atoms with Gasteiger partial charge in [0, 0.05) is 36.0 Å². The summed E-state index contributed by atoms with van der Waals surface area (Å²) in [6.07, 6.45) is 1.54. The number of anilines is 2. The Kier molecular flexibility index (Phi) is 6.70. The predicted octanol–water partition coefficient (Wildman–Crippen LogP) is 5.55. The Hall–Kier alpha value is -3.32. The zero-order valence-corrected chi connectivity index (χ0v) is 19.0. The van der Waals surface area contributed by atoms with Crippen LogP contribution in [0.5, 0.6) is 0 Å². The van der Waals surface area contributed by atoms with Gasteiger partial charge in [0.25, 0.3) is 5.91 Å². The Bertz CT molecular complexity index is 1170. The molecule has 0 atom stereocenters. The standard InChI is InChI=1S/C26H27F2N3O2/c1-16(2)18-4-6-20(17(3)14-18)26(32)30-24-21(22-15-19(27)5-7-23(22)28)8-9-29-25(24)31-10-12-33-13-11-31/h4-9,14-16H,10-13H2,1-3H3,(H,30,32). The van der Waals surface area contributed by atoms with E-state index < -0.39 is 11.6 Å². The average Bonchev–Trinajstić information content (AvgIpc) is 2.81. The van der Waals surface area contributed by atoms with E-state index in [0.717, 1.165) is 29.3 Å². The fourth-order valence-electron chi connectivity index (χ4n) is 4.00. The van der Waals surface area contributed by atoms with Gasteiger partial charge in [-0.25, -0.2) is 13.8 Å². The molecule has 2 heterocycles. The minimum absolute atomic E-state index is 0.0640. The van der Waals surface area contributed by atoms with Crippen molar-refractivity contribution in [2.45, 2.75) is 26.7 Å². The summed E-state index contributed by atoms with van der Waals surface area (Å²) in [7, 11) is 0. The highest BCUT2D eigenvalue weighted by Gasteiger charge is 2.23. The molecule has 172 valence electrons. The molecule has 1 amide bonds. The number of nitrogens with one attached hydrogen (secondary N) is 1. The van der Waals surface area contributed by atoms with Gasteiger partial charge in [0.1, 0.15) is 11.6 Å². The zero-order chi connectivity index (χ0) is 23.5. The first-order valence-electron chi connectivity index (χ1n) is 11.0. The number of hydrogen-bond acceptors (Lipinski definition) is 4. The molecular formula is C26H27F2N3O2. The Morgan fingerprint density at radius 3 is 2.52 bits per heavy atom. The van der Waals surface area contributed by atoms with Crippen LogP contribution in [0.2, 0.25) is 0 Å². The first kappa shape index (κ1) is 22.9. The molecular weight excluding hydrogens is 424 g/mol. The number of carbonyl (C=O) groups is 1. The fourth-order valence-corrected chi connectivity index (χ4v) is 4.00. The van der Waals surface area contributed by atoms with E-state index >= 15 is 0 Å². The van der Waals surface area contributed by atoms with Gasteiger partial charge in [-0.1, -0.05) is 26.0 Å². The molecule has 7 heteroatoms. The molecule has 0 bridgehead atoms. The van der Waals surface area contributed by atoms with Gasteiger partial charge in [0.15, 0.2) is 5.82 Å². The number of hydrogen-bond donors (Lipinski definition) is 1. The Labute approximate surface area is 192 Å². The van der Waals surface area contributed by atoms with Crippen molar-refractivity contribution in [2.24, 2.45) is 0 Å². The van der Waals surface area contributed by atoms with Crippen LogP contribution in [0, 0.1) is 18.6 Å². The number of pyridine rings is 1. The van der Waals surface area contributed by atoms with Crippen molar-refractivity contribution in [3.63, 3.8) is 0 Å². The molecule has 1 aliphatic rings. The molecule has 3 aromatic rings. The molecule has 0 unspecified atom stereocenters. The van der Waals surface area contributed by atoms with E-state index in [2.05, 4.69) is 24.1 Å². The van der Waals surface area contributed by atoms with Crippen molar-refractivity contribution in [3.8, 4) is 11.1 Å². The van der Waals surface area contributed by atoms with Crippen LogP contribution in [0.4, 0.5) is 20.3 Å². The van der Waals surface area contributed by atoms with Crippen molar-refractivity contribution in [1.82, 2.24) is 4.98 Å². The van der Waals surface area contributed by atoms with Crippen LogP contribution in [0.3, 0.4) is 0 Å². The quantitative estimate of drug-likeness (QED) is 0.553. The topological polar surface area (TPSA) is 54.5 Å². The SMILES string of the molecule is Cc1cc(C(C)C)ccc1C(=O)Nc1c(-c2cc(F)ccc2F)ccnc1N1CCOCC1. The van der Waals surface area contributed by atoms with Gasteiger partial charge in [-0.2, -0.15) is 0 Å². The maximum absolute atomic E-state index is 14.7. The highest BCUT2D eigenvalue weighted by Crippen LogP contribution is 2.37. The average molecular weight is 452 g/mol. The molecule has 1 N–H and O–H groups in total. The smallest absolute Gasteiger partial charge is 0.256 e. The Balaban J connectivity index is 1.79. The van der Waals surface area contributed by atoms with Crippen LogP contribution >= 0.6 is 0 Å². The van der Waals surface area contributed by atoms with Gasteiger partial charge in [-0.05, 0) is 54.3 Å². The molecule has 1 saturated heterocycles. The van der Waals surface area contributed by atoms with E-state index in [1.54, 1.807) is 18.3 Å². The second-order valence-electron chi connectivity index (χ2n) is 8.46. The summed E-state index contributed by atoms with van der Waals surface area (Å²) in [4.78, 5) is 19.8. The molecule has 33 heavy (non-hydrogen) atoms. The first-order valence-corrected chi connectivity index (χ1v) is 11.0. The van der Waals surface area contributed by atoms with Gasteiger partial charge in [-0.15, -0.1) is 0 Å². The molecule has 1 aromatic heterocycles. The molecule has 5 nitrogen and oxygen atoms in total. The van der Waals surface area contributed by atoms with Crippen LogP contribution in [0.1, 0.15) is 41.3 Å². The fraction of sp³-hybridized carbons (Fsp3) is 0.308. The molecule has 4 rings (SSSR count). The highest BCUT2D eigenvalue weighted by molar-refractivity contribution is 6.09. The van der Waals surface area contributed by atoms with Crippen LogP contribution < -0.4 is 10.2 Å². The molecule has 2 aromatic carbocycles. The summed E-state index contributed by atoms with van der Waals surface area (Å²) >= 11 is 0. The van der Waals surface area contributed by atoms with E-state index in [-0.39, 0.29) is 11.5 Å². The first-order chi connectivity index (χ1) is 15.8. The van der Waals surface area contributed by atoms with Gasteiger partial charge >= 0.3 is 0 Å². The molecule has 0 radical (unpaired) electrons. The van der Waals surface area contributed by atoms with Gasteiger partial charge in [-0.3, -0.25) is 4.79 Å². The molecule has 0 saturated carbocycles. The van der Waals surface area contributed by atoms with Gasteiger partial charge in [0.05, 0.1) is 18.9 Å². The maximum atomic E-state index is 14.7. The summed E-state index contributed by atoms with van der Waals surface area (Å²) in [6, 6.07) is 10.6. The third kappa shape index (κ3) is 4.88. The van der Waals surface area contributed by atoms with Crippen molar-refractivity contribution in [1.29, 1.82) is 0 Å². The number of aromatic nitrogens is 1. The second kappa shape index (κ2) is 9.67. The van der Waals surface area contributed by atoms with Crippen LogP contribution in [-0.2, 0) is 4.74 Å². The summed E-state index contributed by atoms with van der Waals surface area (Å²) in [5, 5.41) is 2.95. The number of amides is 1.